The van der Waals surface area contributed by atoms with Crippen LogP contribution in [0.25, 0.3) is 0 Å². The van der Waals surface area contributed by atoms with Gasteiger partial charge in [-0.15, -0.1) is 0 Å². The van der Waals surface area contributed by atoms with Crippen LogP contribution in [0.3, 0.4) is 0 Å². The van der Waals surface area contributed by atoms with Crippen molar-refractivity contribution in [1.29, 1.82) is 0 Å². The Morgan fingerprint density at radius 2 is 2.22 bits per heavy atom. The molecule has 0 unspecified atom stereocenters. The molecule has 1 heterocycles. The van der Waals surface area contributed by atoms with Crippen molar-refractivity contribution in [2.75, 3.05) is 6.54 Å². The fourth-order valence-corrected chi connectivity index (χ4v) is 2.47. The van der Waals surface area contributed by atoms with Crippen LogP contribution < -0.4 is 11.0 Å². The SMILES string of the molecule is Cn1c(CCNC(=O)CC2CCCC2)n[nH]c1=O. The number of hydrogen-bond donors (Lipinski definition) is 2. The molecule has 0 saturated heterocycles. The zero-order valence-electron chi connectivity index (χ0n) is 10.7. The Hall–Kier alpha value is -1.59. The quantitative estimate of drug-likeness (QED) is 0.793. The molecule has 0 aromatic carbocycles. The molecule has 18 heavy (non-hydrogen) atoms. The third kappa shape index (κ3) is 3.21. The van der Waals surface area contributed by atoms with Crippen molar-refractivity contribution in [3.8, 4) is 0 Å². The van der Waals surface area contributed by atoms with E-state index < -0.39 is 0 Å². The maximum absolute atomic E-state index is 11.7. The zero-order chi connectivity index (χ0) is 13.0. The van der Waals surface area contributed by atoms with Crippen LogP contribution in [-0.2, 0) is 18.3 Å². The second kappa shape index (κ2) is 5.84. The average Bonchev–Trinajstić information content (AvgIpc) is 2.94. The number of carbonyl (C=O) groups is 1. The Morgan fingerprint density at radius 3 is 2.83 bits per heavy atom. The molecule has 0 radical (unpaired) electrons. The highest BCUT2D eigenvalue weighted by Gasteiger charge is 2.18. The number of hydrogen-bond acceptors (Lipinski definition) is 3. The number of H-pyrrole nitrogens is 1. The summed E-state index contributed by atoms with van der Waals surface area (Å²) < 4.78 is 1.46. The van der Waals surface area contributed by atoms with Gasteiger partial charge in [-0.1, -0.05) is 12.8 Å². The molecule has 1 saturated carbocycles. The maximum Gasteiger partial charge on any atom is 0.343 e. The predicted octanol–water partition coefficient (Wildman–Crippen LogP) is 0.347. The standard InChI is InChI=1S/C12H20N4O2/c1-16-10(14-15-12(16)18)6-7-13-11(17)8-9-4-2-3-5-9/h9H,2-8H2,1H3,(H,13,17)(H,15,18). The molecule has 0 atom stereocenters. The molecule has 0 bridgehead atoms. The Kier molecular flexibility index (Phi) is 4.17. The van der Waals surface area contributed by atoms with Crippen LogP contribution in [0.15, 0.2) is 4.79 Å². The van der Waals surface area contributed by atoms with E-state index in [1.54, 1.807) is 7.05 Å². The lowest BCUT2D eigenvalue weighted by Gasteiger charge is -2.09. The topological polar surface area (TPSA) is 79.8 Å². The van der Waals surface area contributed by atoms with Crippen molar-refractivity contribution in [3.05, 3.63) is 16.3 Å². The van der Waals surface area contributed by atoms with Gasteiger partial charge in [0.1, 0.15) is 5.82 Å². The van der Waals surface area contributed by atoms with Crippen LogP contribution >= 0.6 is 0 Å². The van der Waals surface area contributed by atoms with Crippen LogP contribution in [0.4, 0.5) is 0 Å². The van der Waals surface area contributed by atoms with E-state index in [2.05, 4.69) is 15.5 Å². The van der Waals surface area contributed by atoms with E-state index in [9.17, 15) is 9.59 Å². The number of nitrogens with zero attached hydrogens (tertiary/aromatic N) is 2. The molecule has 1 aliphatic carbocycles. The van der Waals surface area contributed by atoms with Gasteiger partial charge in [-0.25, -0.2) is 9.89 Å². The van der Waals surface area contributed by atoms with Crippen molar-refractivity contribution >= 4 is 5.91 Å². The highest BCUT2D eigenvalue weighted by molar-refractivity contribution is 5.76. The van der Waals surface area contributed by atoms with Crippen molar-refractivity contribution in [1.82, 2.24) is 20.1 Å². The van der Waals surface area contributed by atoms with Gasteiger partial charge in [-0.05, 0) is 18.8 Å². The molecule has 1 aliphatic rings. The smallest absolute Gasteiger partial charge is 0.343 e. The number of carbonyl (C=O) groups excluding carboxylic acids is 1. The summed E-state index contributed by atoms with van der Waals surface area (Å²) in [6.45, 7) is 0.531. The van der Waals surface area contributed by atoms with E-state index in [0.29, 0.717) is 31.1 Å². The largest absolute Gasteiger partial charge is 0.356 e. The average molecular weight is 252 g/mol. The summed E-state index contributed by atoms with van der Waals surface area (Å²) in [5.74, 6) is 1.35. The third-order valence-corrected chi connectivity index (χ3v) is 3.59. The lowest BCUT2D eigenvalue weighted by Crippen LogP contribution is -2.28. The number of rotatable bonds is 5. The summed E-state index contributed by atoms with van der Waals surface area (Å²) in [5.41, 5.74) is -0.220. The van der Waals surface area contributed by atoms with Crippen molar-refractivity contribution in [3.63, 3.8) is 0 Å². The molecule has 1 fully saturated rings. The van der Waals surface area contributed by atoms with Crippen LogP contribution in [0.5, 0.6) is 0 Å². The van der Waals surface area contributed by atoms with Gasteiger partial charge in [0.05, 0.1) is 0 Å². The van der Waals surface area contributed by atoms with E-state index in [1.807, 2.05) is 0 Å². The van der Waals surface area contributed by atoms with Gasteiger partial charge >= 0.3 is 5.69 Å². The second-order valence-corrected chi connectivity index (χ2v) is 4.96. The summed E-state index contributed by atoms with van der Waals surface area (Å²) in [7, 11) is 1.67. The molecule has 1 aromatic rings. The summed E-state index contributed by atoms with van der Waals surface area (Å²) in [5, 5.41) is 9.15. The first-order valence-electron chi connectivity index (χ1n) is 6.54. The van der Waals surface area contributed by atoms with Crippen LogP contribution in [-0.4, -0.2) is 27.2 Å². The molecule has 0 spiro atoms. The molecule has 1 aromatic heterocycles. The monoisotopic (exact) mass is 252 g/mol. The maximum atomic E-state index is 11.7. The van der Waals surface area contributed by atoms with Gasteiger partial charge in [0.2, 0.25) is 5.91 Å². The van der Waals surface area contributed by atoms with E-state index in [4.69, 9.17) is 0 Å². The predicted molar refractivity (Wildman–Crippen MR) is 67.1 cm³/mol. The van der Waals surface area contributed by atoms with Crippen molar-refractivity contribution in [2.24, 2.45) is 13.0 Å². The minimum atomic E-state index is -0.220. The van der Waals surface area contributed by atoms with Crippen LogP contribution in [0, 0.1) is 5.92 Å². The molecule has 6 heteroatoms. The Labute approximate surface area is 106 Å². The zero-order valence-corrected chi connectivity index (χ0v) is 10.7. The minimum Gasteiger partial charge on any atom is -0.356 e. The number of nitrogens with one attached hydrogen (secondary N) is 2. The summed E-state index contributed by atoms with van der Waals surface area (Å²) in [6, 6.07) is 0. The Bertz CT molecular complexity index is 457. The van der Waals surface area contributed by atoms with Crippen molar-refractivity contribution in [2.45, 2.75) is 38.5 Å². The number of amides is 1. The number of aromatic amines is 1. The number of aromatic nitrogens is 3. The molecule has 1 amide bonds. The third-order valence-electron chi connectivity index (χ3n) is 3.59. The molecular formula is C12H20N4O2. The van der Waals surface area contributed by atoms with Gasteiger partial charge in [0.15, 0.2) is 0 Å². The van der Waals surface area contributed by atoms with Gasteiger partial charge in [0.25, 0.3) is 0 Å². The van der Waals surface area contributed by atoms with E-state index in [0.717, 1.165) is 0 Å². The van der Waals surface area contributed by atoms with Gasteiger partial charge in [-0.3, -0.25) is 9.36 Å². The fraction of sp³-hybridized carbons (Fsp3) is 0.750. The summed E-state index contributed by atoms with van der Waals surface area (Å²) >= 11 is 0. The molecule has 2 N–H and O–H groups in total. The second-order valence-electron chi connectivity index (χ2n) is 4.96. The highest BCUT2D eigenvalue weighted by Crippen LogP contribution is 2.27. The minimum absolute atomic E-state index is 0.113. The van der Waals surface area contributed by atoms with Gasteiger partial charge in [-0.2, -0.15) is 5.10 Å². The fourth-order valence-electron chi connectivity index (χ4n) is 2.47. The molecule has 2 rings (SSSR count). The van der Waals surface area contributed by atoms with E-state index in [-0.39, 0.29) is 11.6 Å². The Balaban J connectivity index is 1.70. The van der Waals surface area contributed by atoms with E-state index >= 15 is 0 Å². The molecule has 0 aliphatic heterocycles. The lowest BCUT2D eigenvalue weighted by molar-refractivity contribution is -0.121. The van der Waals surface area contributed by atoms with E-state index in [1.165, 1.54) is 30.3 Å². The lowest BCUT2D eigenvalue weighted by atomic mass is 10.0. The Morgan fingerprint density at radius 1 is 1.50 bits per heavy atom. The first-order chi connectivity index (χ1) is 8.66. The normalized spacial score (nSPS) is 16.1. The summed E-state index contributed by atoms with van der Waals surface area (Å²) in [6.07, 6.45) is 6.09. The van der Waals surface area contributed by atoms with Gasteiger partial charge < -0.3 is 5.32 Å². The first-order valence-corrected chi connectivity index (χ1v) is 6.54. The van der Waals surface area contributed by atoms with Crippen LogP contribution in [0.1, 0.15) is 37.9 Å². The first kappa shape index (κ1) is 12.9. The van der Waals surface area contributed by atoms with Crippen LogP contribution in [0.2, 0.25) is 0 Å². The molecule has 100 valence electrons. The molecule has 6 nitrogen and oxygen atoms in total. The molecular weight excluding hydrogens is 232 g/mol. The highest BCUT2D eigenvalue weighted by atomic mass is 16.2. The van der Waals surface area contributed by atoms with Gasteiger partial charge in [0, 0.05) is 26.4 Å². The van der Waals surface area contributed by atoms with Crippen molar-refractivity contribution < 1.29 is 4.79 Å². The summed E-state index contributed by atoms with van der Waals surface area (Å²) in [4.78, 5) is 22.8.